The highest BCUT2D eigenvalue weighted by molar-refractivity contribution is 8.00. The molecule has 0 bridgehead atoms. The first-order valence-electron chi connectivity index (χ1n) is 38.2. The summed E-state index contributed by atoms with van der Waals surface area (Å²) in [6, 6.07) is -9.08. The van der Waals surface area contributed by atoms with Gasteiger partial charge in [0.2, 0.25) is 94.5 Å². The Balaban J connectivity index is 1.11. The number of likely N-dealkylation sites (tertiary alicyclic amines) is 2. The number of phosphoric acid groups is 1. The van der Waals surface area contributed by atoms with Crippen LogP contribution in [0.25, 0.3) is 0 Å². The highest BCUT2D eigenvalue weighted by Crippen LogP contribution is 2.36. The Morgan fingerprint density at radius 1 is 0.612 bits per heavy atom. The maximum atomic E-state index is 14.8. The number of unbranched alkanes of at least 4 members (excludes halogenated alkanes) is 1. The number of hydrogen-bond donors (Lipinski definition) is 20. The van der Waals surface area contributed by atoms with Gasteiger partial charge in [0.1, 0.15) is 66.5 Å². The van der Waals surface area contributed by atoms with E-state index >= 15 is 0 Å². The van der Waals surface area contributed by atoms with Gasteiger partial charge in [-0.1, -0.05) is 64.4 Å². The summed E-state index contributed by atoms with van der Waals surface area (Å²) in [5.74, 6) is -14.3. The number of carbonyl (C=O) groups excluding carboxylic acids is 17. The number of thioether (sulfide) groups is 2. The fourth-order valence-corrected chi connectivity index (χ4v) is 15.9. The van der Waals surface area contributed by atoms with Crippen LogP contribution in [-0.4, -0.2) is 276 Å². The Kier molecular flexibility index (Phi) is 38.1. The lowest BCUT2D eigenvalue weighted by Crippen LogP contribution is -2.61. The number of aromatic amines is 1. The van der Waals surface area contributed by atoms with Crippen LogP contribution in [0.3, 0.4) is 0 Å². The molecule has 6 rings (SSSR count). The number of urea groups is 1. The van der Waals surface area contributed by atoms with Crippen molar-refractivity contribution in [3.63, 3.8) is 0 Å². The fourth-order valence-electron chi connectivity index (χ4n) is 13.5. The van der Waals surface area contributed by atoms with Gasteiger partial charge in [-0.3, -0.25) is 81.2 Å². The van der Waals surface area contributed by atoms with E-state index in [-0.39, 0.29) is 118 Å². The van der Waals surface area contributed by atoms with E-state index in [0.717, 1.165) is 22.0 Å². The molecule has 642 valence electrons. The SMILES string of the molecule is CSCC[C@H](NC(=O)[C@H](CC(N)=O)NC(=O)[C@H](CC(C)C)NC(=O)[C@H](Cc1ccccc1)NC(=O)[C@@H]1CCCN1C(=O)[C@H](COP(=O)(O)O)NC(=O)[C@@H]1CCCN1C(=O)[C@H](CCC(N)=O)NC(=O)[C@H](Cc1cnc[nH]1)NC(=O)[C@H](CO)NC(=O)[C@H](CC(C)C)NC(=O)CNC(=O)CNC(=O)CCCC[C@@H]1SC[C@@H]2NC(=O)N[C@@H]21)C(N)=O. The lowest BCUT2D eigenvalue weighted by molar-refractivity contribution is -0.145. The largest absolute Gasteiger partial charge is 0.469 e. The van der Waals surface area contributed by atoms with Crippen molar-refractivity contribution in [3.05, 3.63) is 54.1 Å². The van der Waals surface area contributed by atoms with E-state index in [4.69, 9.17) is 21.7 Å². The number of carbonyl (C=O) groups is 17. The van der Waals surface area contributed by atoms with E-state index in [1.54, 1.807) is 76.0 Å². The second kappa shape index (κ2) is 46.7. The number of imidazole rings is 1. The summed E-state index contributed by atoms with van der Waals surface area (Å²) in [7, 11) is -5.44. The topological polar surface area (TPSA) is 647 Å². The molecule has 0 spiro atoms. The minimum absolute atomic E-state index is 0.0164. The molecule has 14 atom stereocenters. The minimum atomic E-state index is -5.44. The number of rotatable bonds is 49. The Hall–Kier alpha value is -10.0. The molecule has 18 amide bonds. The van der Waals surface area contributed by atoms with Crippen LogP contribution in [0, 0.1) is 11.8 Å². The number of aliphatic hydroxyl groups excluding tert-OH is 1. The number of nitrogens with two attached hydrogens (primary N) is 3. The van der Waals surface area contributed by atoms with Gasteiger partial charge < -0.3 is 116 Å². The van der Waals surface area contributed by atoms with E-state index in [0.29, 0.717) is 24.2 Å². The van der Waals surface area contributed by atoms with Crippen LogP contribution < -0.4 is 86.3 Å². The van der Waals surface area contributed by atoms with Gasteiger partial charge in [-0.2, -0.15) is 23.5 Å². The van der Waals surface area contributed by atoms with Crippen molar-refractivity contribution >= 4 is 132 Å². The number of nitrogens with zero attached hydrogens (tertiary/aromatic N) is 3. The summed E-state index contributed by atoms with van der Waals surface area (Å²) < 4.78 is 17.0. The Bertz CT molecular complexity index is 3850. The number of amides is 18. The van der Waals surface area contributed by atoms with Crippen LogP contribution in [0.1, 0.15) is 129 Å². The lowest BCUT2D eigenvalue weighted by atomic mass is 10.00. The molecule has 1 aromatic heterocycles. The zero-order valence-electron chi connectivity index (χ0n) is 65.2. The van der Waals surface area contributed by atoms with Crippen LogP contribution in [0.4, 0.5) is 4.79 Å². The van der Waals surface area contributed by atoms with Crippen LogP contribution in [0.15, 0.2) is 42.9 Å². The average Bonchev–Trinajstić information content (AvgIpc) is 1.64. The molecule has 4 aliphatic heterocycles. The molecule has 4 aliphatic rings. The zero-order valence-corrected chi connectivity index (χ0v) is 67.7. The van der Waals surface area contributed by atoms with Crippen molar-refractivity contribution in [1.29, 1.82) is 0 Å². The third kappa shape index (κ3) is 31.2. The molecule has 0 aliphatic carbocycles. The molecule has 45 heteroatoms. The number of benzene rings is 1. The molecule has 0 radical (unpaired) electrons. The zero-order chi connectivity index (χ0) is 85.5. The number of nitrogens with one attached hydrogen (secondary N) is 14. The van der Waals surface area contributed by atoms with E-state index in [9.17, 15) is 101 Å². The van der Waals surface area contributed by atoms with E-state index in [1.165, 1.54) is 24.3 Å². The molecule has 116 heavy (non-hydrogen) atoms. The second-order valence-electron chi connectivity index (χ2n) is 29.5. The standard InChI is InChI=1S/C71H109N20O22PS2/c1-37(2)25-43(79-58(97)32-77-57(96)31-76-56(95)18-10-9-17-53-59-50(35-116-53)88-71(109)89-59)61(99)86-48(33-92)66(104)83-46(28-40-30-75-36-78-40)64(102)81-42(19-20-54(72)93)69(107)90-22-11-16-52(90)68(106)87-49(34-113-114(110,111)112)70(108)91-23-12-15-51(91)67(105)85-45(27-39-13-7-6-8-14-39)63(101)82-44(26-38(3)4)62(100)84-47(29-55(73)94)65(103)80-41(60(74)98)21-24-115-5/h6-8,13-14,30,36-38,41-53,59,92H,9-12,15-29,31-35H2,1-5H3,(H2,72,93)(H2,73,94)(H2,74,98)(H,75,78)(H,76,95)(H,77,96)(H,79,97)(H,80,103)(H,81,102)(H,82,101)(H,83,104)(H,84,100)(H,85,105)(H,86,99)(H,87,106)(H2,88,89,109)(H2,110,111,112)/t41-,42-,43-,44-,45-,46-,47-,48-,49-,50-,51-,52-,53-,59-/m0/s1. The van der Waals surface area contributed by atoms with Gasteiger partial charge in [-0.05, 0) is 93.6 Å². The monoisotopic (exact) mass is 1690 g/mol. The average molecular weight is 1690 g/mol. The molecule has 5 heterocycles. The molecule has 0 saturated carbocycles. The minimum Gasteiger partial charge on any atom is -0.394 e. The molecule has 4 saturated heterocycles. The number of H-pyrrole nitrogens is 1. The quantitative estimate of drug-likeness (QED) is 0.0167. The molecular formula is C71H109N20O22PS2. The third-order valence-corrected chi connectivity index (χ3v) is 22.0. The van der Waals surface area contributed by atoms with Crippen LogP contribution in [-0.2, 0) is 98.6 Å². The second-order valence-corrected chi connectivity index (χ2v) is 33.0. The molecule has 4 fully saturated rings. The van der Waals surface area contributed by atoms with E-state index in [1.807, 2.05) is 0 Å². The van der Waals surface area contributed by atoms with Crippen molar-refractivity contribution in [2.45, 2.75) is 214 Å². The maximum absolute atomic E-state index is 14.8. The van der Waals surface area contributed by atoms with Crippen LogP contribution in [0.2, 0.25) is 0 Å². The smallest absolute Gasteiger partial charge is 0.394 e. The van der Waals surface area contributed by atoms with Gasteiger partial charge in [0.25, 0.3) is 0 Å². The molecule has 23 N–H and O–H groups in total. The lowest BCUT2D eigenvalue weighted by Gasteiger charge is -2.32. The first-order chi connectivity index (χ1) is 54.9. The first-order valence-corrected chi connectivity index (χ1v) is 42.1. The summed E-state index contributed by atoms with van der Waals surface area (Å²) in [4.78, 5) is 259. The van der Waals surface area contributed by atoms with Crippen molar-refractivity contribution in [1.82, 2.24) is 88.9 Å². The molecular weight excluding hydrogens is 1580 g/mol. The third-order valence-electron chi connectivity index (χ3n) is 19.3. The van der Waals surface area contributed by atoms with Crippen LogP contribution >= 0.6 is 31.3 Å². The van der Waals surface area contributed by atoms with Crippen molar-refractivity contribution in [2.75, 3.05) is 57.2 Å². The summed E-state index contributed by atoms with van der Waals surface area (Å²) in [6.07, 6.45) is 4.19. The van der Waals surface area contributed by atoms with Gasteiger partial charge in [-0.25, -0.2) is 14.3 Å². The fraction of sp³-hybridized carbons (Fsp3) is 0.634. The Morgan fingerprint density at radius 3 is 1.71 bits per heavy atom. The van der Waals surface area contributed by atoms with Gasteiger partial charge in [0.05, 0.1) is 51.1 Å². The van der Waals surface area contributed by atoms with Gasteiger partial charge in [0.15, 0.2) is 0 Å². The molecule has 2 aromatic rings. The van der Waals surface area contributed by atoms with Crippen molar-refractivity contribution in [3.8, 4) is 0 Å². The number of primary amides is 3. The van der Waals surface area contributed by atoms with E-state index in [2.05, 4.69) is 79.1 Å². The van der Waals surface area contributed by atoms with Gasteiger partial charge in [0, 0.05) is 61.7 Å². The predicted molar refractivity (Wildman–Crippen MR) is 418 cm³/mol. The van der Waals surface area contributed by atoms with Crippen molar-refractivity contribution in [2.24, 2.45) is 29.0 Å². The Labute approximate surface area is 677 Å². The summed E-state index contributed by atoms with van der Waals surface area (Å²) in [6.45, 7) is 3.14. The van der Waals surface area contributed by atoms with Crippen molar-refractivity contribution < 1.29 is 105 Å². The normalized spacial score (nSPS) is 19.3. The summed E-state index contributed by atoms with van der Waals surface area (Å²) in [5, 5.41) is 43.8. The van der Waals surface area contributed by atoms with Gasteiger partial charge >= 0.3 is 13.9 Å². The summed E-state index contributed by atoms with van der Waals surface area (Å²) >= 11 is 3.12. The summed E-state index contributed by atoms with van der Waals surface area (Å²) in [5.41, 5.74) is 17.3. The highest BCUT2D eigenvalue weighted by Gasteiger charge is 2.46. The van der Waals surface area contributed by atoms with Crippen LogP contribution in [0.5, 0.6) is 0 Å². The number of fused-ring (bicyclic) bond motifs is 1. The number of phosphoric ester groups is 1. The molecule has 0 unspecified atom stereocenters. The number of hydrogen-bond acceptors (Lipinski definition) is 23. The van der Waals surface area contributed by atoms with E-state index < -0.39 is 214 Å². The maximum Gasteiger partial charge on any atom is 0.469 e. The number of aromatic nitrogens is 2. The predicted octanol–water partition coefficient (Wildman–Crippen LogP) is -5.93. The van der Waals surface area contributed by atoms with Gasteiger partial charge in [-0.15, -0.1) is 0 Å². The Morgan fingerprint density at radius 2 is 1.14 bits per heavy atom. The first kappa shape index (κ1) is 94.8. The molecule has 1 aromatic carbocycles. The number of aliphatic hydroxyl groups is 1. The molecule has 42 nitrogen and oxygen atoms in total. The highest BCUT2D eigenvalue weighted by atomic mass is 32.2.